The number of aromatic hydroxyl groups is 1. The van der Waals surface area contributed by atoms with Gasteiger partial charge in [-0.3, -0.25) is 0 Å². The minimum atomic E-state index is -2.35. The minimum absolute atomic E-state index is 0.134. The van der Waals surface area contributed by atoms with E-state index in [1.807, 2.05) is 0 Å². The van der Waals surface area contributed by atoms with Crippen molar-refractivity contribution in [3.8, 4) is 11.5 Å². The number of rotatable bonds is 0. The van der Waals surface area contributed by atoms with Crippen LogP contribution in [0.5, 0.6) is 11.5 Å². The number of aliphatic hydroxyl groups is 1. The topological polar surface area (TPSA) is 61.7 Å². The molecule has 1 aromatic rings. The fraction of sp³-hybridized carbons (Fsp3) is 0.529. The Labute approximate surface area is 133 Å². The third-order valence-corrected chi connectivity index (χ3v) is 5.47. The van der Waals surface area contributed by atoms with E-state index in [4.69, 9.17) is 13.0 Å². The lowest BCUT2D eigenvalue weighted by Gasteiger charge is -2.60. The summed E-state index contributed by atoms with van der Waals surface area (Å²) in [6.45, 7) is -0.517. The normalized spacial score (nSPS) is 52.9. The van der Waals surface area contributed by atoms with Crippen LogP contribution in [0.1, 0.15) is 39.9 Å². The van der Waals surface area contributed by atoms with E-state index in [0.29, 0.717) is 12.1 Å². The Kier molecular flexibility index (Phi) is 1.18. The summed E-state index contributed by atoms with van der Waals surface area (Å²) >= 11 is 0. The first kappa shape index (κ1) is 7.16. The Morgan fingerprint density at radius 1 is 1.57 bits per heavy atom. The monoisotopic (exact) mass is 292 g/mol. The van der Waals surface area contributed by atoms with Crippen molar-refractivity contribution in [1.29, 1.82) is 0 Å². The second kappa shape index (κ2) is 3.45. The van der Waals surface area contributed by atoms with Crippen LogP contribution in [-0.2, 0) is 11.8 Å². The molecule has 4 heteroatoms. The minimum Gasteiger partial charge on any atom is -0.504 e. The maximum Gasteiger partial charge on any atom is 0.166 e. The summed E-state index contributed by atoms with van der Waals surface area (Å²) in [6, 6.07) is -1.35. The van der Waals surface area contributed by atoms with E-state index >= 15 is 0 Å². The first-order valence-corrected chi connectivity index (χ1v) is 7.11. The highest BCUT2D eigenvalue weighted by Gasteiger charge is 2.70. The highest BCUT2D eigenvalue weighted by atomic mass is 16.5. The Morgan fingerprint density at radius 2 is 2.48 bits per heavy atom. The molecule has 0 amide bonds. The van der Waals surface area contributed by atoms with Gasteiger partial charge in [-0.25, -0.2) is 0 Å². The molecule has 1 spiro atoms. The molecule has 0 unspecified atom stereocenters. The first-order valence-electron chi connectivity index (χ1n) is 10.6. The zero-order valence-electron chi connectivity index (χ0n) is 18.2. The Morgan fingerprint density at radius 3 is 3.33 bits per heavy atom. The molecule has 2 fully saturated rings. The van der Waals surface area contributed by atoms with Crippen LogP contribution in [0.2, 0.25) is 0 Å². The SMILES string of the molecule is [2H]C([2H])=C1C([2H])([2H])C[C@@]2(O)[C@H]3Cc4c([2H])c([2H])c(O)c5c4[C@@]2(CCN3)[C@@]1([2H])O5. The lowest BCUT2D eigenvalue weighted by Crippen LogP contribution is -2.74. The predicted octanol–water partition coefficient (Wildman–Crippen LogP) is 1.39. The summed E-state index contributed by atoms with van der Waals surface area (Å²) in [5.41, 5.74) is -3.20. The molecule has 110 valence electrons. The summed E-state index contributed by atoms with van der Waals surface area (Å²) in [5.74, 6) is -0.837. The molecule has 0 aromatic heterocycles. The summed E-state index contributed by atoms with van der Waals surface area (Å²) in [7, 11) is 0. The molecule has 3 N–H and O–H groups in total. The van der Waals surface area contributed by atoms with Gasteiger partial charge in [0.05, 0.1) is 17.9 Å². The number of benzene rings is 1. The number of phenols is 1. The molecule has 5 rings (SSSR count). The van der Waals surface area contributed by atoms with Crippen LogP contribution in [0.4, 0.5) is 0 Å². The van der Waals surface area contributed by atoms with E-state index in [1.54, 1.807) is 0 Å². The molecular formula is C17H19NO3. The summed E-state index contributed by atoms with van der Waals surface area (Å²) in [6.07, 6.45) is -4.84. The number of phenolic OH excluding ortho intramolecular Hbond substituents is 1. The molecule has 1 aromatic carbocycles. The second-order valence-electron chi connectivity index (χ2n) is 6.23. The predicted molar refractivity (Wildman–Crippen MR) is 77.6 cm³/mol. The van der Waals surface area contributed by atoms with Crippen molar-refractivity contribution < 1.29 is 24.5 Å². The molecular weight excluding hydrogens is 266 g/mol. The van der Waals surface area contributed by atoms with Gasteiger partial charge in [-0.1, -0.05) is 12.6 Å². The molecule has 0 radical (unpaired) electrons. The van der Waals surface area contributed by atoms with E-state index < -0.39 is 59.8 Å². The van der Waals surface area contributed by atoms with Crippen molar-refractivity contribution in [2.45, 2.75) is 48.8 Å². The van der Waals surface area contributed by atoms with Crippen LogP contribution < -0.4 is 10.1 Å². The Bertz CT molecular complexity index is 978. The molecule has 21 heavy (non-hydrogen) atoms. The quantitative estimate of drug-likeness (QED) is 0.632. The highest BCUT2D eigenvalue weighted by molar-refractivity contribution is 5.63. The van der Waals surface area contributed by atoms with E-state index in [9.17, 15) is 11.6 Å². The van der Waals surface area contributed by atoms with Crippen molar-refractivity contribution >= 4 is 0 Å². The van der Waals surface area contributed by atoms with Crippen LogP contribution in [0.3, 0.4) is 0 Å². The van der Waals surface area contributed by atoms with Gasteiger partial charge >= 0.3 is 0 Å². The van der Waals surface area contributed by atoms with E-state index in [0.717, 1.165) is 0 Å². The molecule has 2 aliphatic carbocycles. The van der Waals surface area contributed by atoms with E-state index in [-0.39, 0.29) is 30.2 Å². The van der Waals surface area contributed by atoms with Crippen molar-refractivity contribution in [3.63, 3.8) is 0 Å². The van der Waals surface area contributed by atoms with Gasteiger partial charge in [-0.05, 0) is 49.4 Å². The van der Waals surface area contributed by atoms with E-state index in [1.165, 1.54) is 0 Å². The molecule has 2 heterocycles. The molecule has 2 bridgehead atoms. The lowest BCUT2D eigenvalue weighted by atomic mass is 9.49. The maximum absolute atomic E-state index is 11.8. The van der Waals surface area contributed by atoms with Gasteiger partial charge in [0, 0.05) is 14.3 Å². The van der Waals surface area contributed by atoms with Gasteiger partial charge in [-0.15, -0.1) is 0 Å². The molecule has 4 nitrogen and oxygen atoms in total. The molecule has 1 saturated heterocycles. The first-order chi connectivity index (χ1) is 12.9. The highest BCUT2D eigenvalue weighted by Crippen LogP contribution is 2.64. The van der Waals surface area contributed by atoms with Gasteiger partial charge in [0.2, 0.25) is 0 Å². The second-order valence-corrected chi connectivity index (χ2v) is 6.23. The standard InChI is InChI=1S/C17H19NO3/c1-9-4-5-17(20)12-8-10-2-3-11(19)14-13(10)16(17,6-7-18-12)15(9)21-14/h2-3,12,15,18-20H,1,4-8H2/t12-,15+,16+,17-/m1/s1/i1D2,2D,3D,4D2,15D. The summed E-state index contributed by atoms with van der Waals surface area (Å²) < 4.78 is 63.9. The number of ether oxygens (including phenoxy) is 1. The summed E-state index contributed by atoms with van der Waals surface area (Å²) in [5, 5.41) is 25.5. The lowest BCUT2D eigenvalue weighted by molar-refractivity contribution is -0.135. The smallest absolute Gasteiger partial charge is 0.166 e. The van der Waals surface area contributed by atoms with Gasteiger partial charge in [0.15, 0.2) is 11.5 Å². The zero-order valence-corrected chi connectivity index (χ0v) is 11.2. The molecule has 4 aliphatic rings. The maximum atomic E-state index is 11.8. The molecule has 2 aliphatic heterocycles. The van der Waals surface area contributed by atoms with Crippen LogP contribution >= 0.6 is 0 Å². The number of piperidine rings is 1. The Balaban J connectivity index is 1.97. The number of hydrogen-bond donors (Lipinski definition) is 3. The van der Waals surface area contributed by atoms with Crippen molar-refractivity contribution in [3.05, 3.63) is 35.3 Å². The zero-order chi connectivity index (χ0) is 20.4. The summed E-state index contributed by atoms with van der Waals surface area (Å²) in [4.78, 5) is 0. The molecule has 4 atom stereocenters. The average Bonchev–Trinajstić information content (AvgIpc) is 2.80. The number of nitrogens with one attached hydrogen (secondary N) is 1. The fourth-order valence-electron chi connectivity index (χ4n) is 4.57. The molecule has 1 saturated carbocycles. The van der Waals surface area contributed by atoms with E-state index in [2.05, 4.69) is 5.32 Å². The van der Waals surface area contributed by atoms with Crippen LogP contribution in [-0.4, -0.2) is 34.5 Å². The average molecular weight is 292 g/mol. The Hall–Kier alpha value is -1.52. The van der Waals surface area contributed by atoms with Gasteiger partial charge < -0.3 is 20.3 Å². The largest absolute Gasteiger partial charge is 0.504 e. The van der Waals surface area contributed by atoms with Crippen LogP contribution in [0.15, 0.2) is 24.2 Å². The third-order valence-electron chi connectivity index (χ3n) is 5.47. The van der Waals surface area contributed by atoms with Gasteiger partial charge in [-0.2, -0.15) is 0 Å². The van der Waals surface area contributed by atoms with Crippen molar-refractivity contribution in [2.24, 2.45) is 0 Å². The van der Waals surface area contributed by atoms with Gasteiger partial charge in [0.25, 0.3) is 0 Å². The van der Waals surface area contributed by atoms with Gasteiger partial charge in [0.1, 0.15) is 6.08 Å². The van der Waals surface area contributed by atoms with Crippen LogP contribution in [0.25, 0.3) is 0 Å². The number of hydrogen-bond acceptors (Lipinski definition) is 4. The van der Waals surface area contributed by atoms with Crippen molar-refractivity contribution in [1.82, 2.24) is 5.32 Å². The fourth-order valence-corrected chi connectivity index (χ4v) is 4.57. The van der Waals surface area contributed by atoms with Crippen LogP contribution in [0, 0.1) is 0 Å². The third kappa shape index (κ3) is 1.10. The van der Waals surface area contributed by atoms with Crippen molar-refractivity contribution in [2.75, 3.05) is 6.54 Å².